The van der Waals surface area contributed by atoms with Crippen LogP contribution in [-0.2, 0) is 15.8 Å². The van der Waals surface area contributed by atoms with Crippen LogP contribution in [-0.4, -0.2) is 14.7 Å². The van der Waals surface area contributed by atoms with Crippen LogP contribution in [0, 0.1) is 0 Å². The van der Waals surface area contributed by atoms with Crippen molar-refractivity contribution in [3.05, 3.63) is 89.0 Å². The Morgan fingerprint density at radius 2 is 1.78 bits per heavy atom. The van der Waals surface area contributed by atoms with Crippen molar-refractivity contribution >= 4 is 16.3 Å². The van der Waals surface area contributed by atoms with Crippen LogP contribution in [0.25, 0.3) is 11.1 Å². The van der Waals surface area contributed by atoms with E-state index in [-0.39, 0.29) is 5.75 Å². The highest BCUT2D eigenvalue weighted by Crippen LogP contribution is 2.46. The second-order valence-electron chi connectivity index (χ2n) is 6.48. The minimum Gasteiger partial charge on any atom is -0.480 e. The van der Waals surface area contributed by atoms with Crippen molar-refractivity contribution in [2.24, 2.45) is 5.14 Å². The minimum absolute atomic E-state index is 0.260. The van der Waals surface area contributed by atoms with Gasteiger partial charge in [-0.2, -0.15) is 0 Å². The Bertz CT molecular complexity index is 1120. The molecule has 0 bridgehead atoms. The molecule has 4 rings (SSSR count). The normalized spacial score (nSPS) is 15.4. The number of hydrogen-bond donors (Lipinski definition) is 1. The standard InChI is InChI=1S/C21H17NO4S/c22-27(24,25)13-14-9-10-17-18(11-14)21(15-5-2-1-3-6-15)26-19-8-4-7-16(12-23)20(17)19/h1-12,21H,13H2,(H2,22,24,25). The zero-order valence-corrected chi connectivity index (χ0v) is 15.1. The molecule has 0 aromatic heterocycles. The molecule has 1 atom stereocenters. The average Bonchev–Trinajstić information content (AvgIpc) is 2.66. The maximum absolute atomic E-state index is 11.5. The lowest BCUT2D eigenvalue weighted by Crippen LogP contribution is -2.18. The maximum Gasteiger partial charge on any atom is 0.213 e. The van der Waals surface area contributed by atoms with E-state index < -0.39 is 16.1 Å². The first-order valence-corrected chi connectivity index (χ1v) is 10.1. The molecule has 0 amide bonds. The Labute approximate surface area is 157 Å². The van der Waals surface area contributed by atoms with E-state index in [0.717, 1.165) is 28.5 Å². The predicted octanol–water partition coefficient (Wildman–Crippen LogP) is 3.44. The Morgan fingerprint density at radius 3 is 2.48 bits per heavy atom. The van der Waals surface area contributed by atoms with Crippen LogP contribution in [0.15, 0.2) is 66.7 Å². The van der Waals surface area contributed by atoms with Gasteiger partial charge in [-0.1, -0.05) is 60.7 Å². The third-order valence-corrected chi connectivity index (χ3v) is 5.30. The number of rotatable bonds is 4. The average molecular weight is 379 g/mol. The van der Waals surface area contributed by atoms with Crippen LogP contribution in [0.5, 0.6) is 5.75 Å². The molecule has 2 N–H and O–H groups in total. The van der Waals surface area contributed by atoms with Crippen LogP contribution in [0.1, 0.15) is 33.2 Å². The van der Waals surface area contributed by atoms with E-state index in [4.69, 9.17) is 9.88 Å². The first kappa shape index (κ1) is 17.5. The number of sulfonamides is 1. The fraction of sp³-hybridized carbons (Fsp3) is 0.0952. The summed E-state index contributed by atoms with van der Waals surface area (Å²) in [6, 6.07) is 20.4. The number of aldehydes is 1. The highest BCUT2D eigenvalue weighted by atomic mass is 32.2. The highest BCUT2D eigenvalue weighted by molar-refractivity contribution is 7.88. The lowest BCUT2D eigenvalue weighted by atomic mass is 9.86. The number of ether oxygens (including phenoxy) is 1. The van der Waals surface area contributed by atoms with Gasteiger partial charge in [0.1, 0.15) is 11.9 Å². The van der Waals surface area contributed by atoms with E-state index in [9.17, 15) is 13.2 Å². The molecule has 1 heterocycles. The van der Waals surface area contributed by atoms with Gasteiger partial charge in [0.15, 0.2) is 6.29 Å². The van der Waals surface area contributed by atoms with Gasteiger partial charge in [-0.25, -0.2) is 13.6 Å². The van der Waals surface area contributed by atoms with Crippen molar-refractivity contribution in [3.8, 4) is 16.9 Å². The van der Waals surface area contributed by atoms with Gasteiger partial charge < -0.3 is 4.74 Å². The van der Waals surface area contributed by atoms with E-state index in [1.54, 1.807) is 24.3 Å². The predicted molar refractivity (Wildman–Crippen MR) is 103 cm³/mol. The molecule has 0 radical (unpaired) electrons. The molecule has 6 heteroatoms. The summed E-state index contributed by atoms with van der Waals surface area (Å²) in [4.78, 5) is 11.5. The summed E-state index contributed by atoms with van der Waals surface area (Å²) in [5.41, 5.74) is 4.42. The van der Waals surface area contributed by atoms with Crippen molar-refractivity contribution in [1.82, 2.24) is 0 Å². The van der Waals surface area contributed by atoms with Gasteiger partial charge in [-0.05, 0) is 22.8 Å². The number of carbonyl (C=O) groups is 1. The van der Waals surface area contributed by atoms with Gasteiger partial charge in [-0.15, -0.1) is 0 Å². The van der Waals surface area contributed by atoms with Crippen molar-refractivity contribution in [2.75, 3.05) is 0 Å². The smallest absolute Gasteiger partial charge is 0.213 e. The number of primary sulfonamides is 1. The summed E-state index contributed by atoms with van der Waals surface area (Å²) in [6.07, 6.45) is 0.392. The van der Waals surface area contributed by atoms with Crippen LogP contribution in [0.3, 0.4) is 0 Å². The van der Waals surface area contributed by atoms with Gasteiger partial charge in [0, 0.05) is 16.7 Å². The number of hydrogen-bond acceptors (Lipinski definition) is 4. The summed E-state index contributed by atoms with van der Waals surface area (Å²) in [6.45, 7) is 0. The molecule has 0 spiro atoms. The van der Waals surface area contributed by atoms with Crippen LogP contribution in [0.2, 0.25) is 0 Å². The number of nitrogens with two attached hydrogens (primary N) is 1. The van der Waals surface area contributed by atoms with Crippen molar-refractivity contribution in [1.29, 1.82) is 0 Å². The molecule has 0 saturated heterocycles. The third-order valence-electron chi connectivity index (χ3n) is 4.57. The van der Waals surface area contributed by atoms with E-state index >= 15 is 0 Å². The first-order chi connectivity index (χ1) is 13.0. The van der Waals surface area contributed by atoms with E-state index in [1.807, 2.05) is 42.5 Å². The molecule has 1 unspecified atom stereocenters. The molecule has 0 fully saturated rings. The molecule has 1 aliphatic rings. The number of fused-ring (bicyclic) bond motifs is 3. The second-order valence-corrected chi connectivity index (χ2v) is 8.09. The second kappa shape index (κ2) is 6.64. The largest absolute Gasteiger partial charge is 0.480 e. The van der Waals surface area contributed by atoms with E-state index in [0.29, 0.717) is 16.9 Å². The minimum atomic E-state index is -3.66. The summed E-state index contributed by atoms with van der Waals surface area (Å²) < 4.78 is 29.3. The molecular formula is C21H17NO4S. The Morgan fingerprint density at radius 1 is 1.00 bits per heavy atom. The molecule has 3 aromatic rings. The van der Waals surface area contributed by atoms with Gasteiger partial charge in [-0.3, -0.25) is 4.79 Å². The molecule has 0 saturated carbocycles. The van der Waals surface area contributed by atoms with Crippen molar-refractivity contribution in [2.45, 2.75) is 11.9 Å². The quantitative estimate of drug-likeness (QED) is 0.704. The lowest BCUT2D eigenvalue weighted by Gasteiger charge is -2.30. The first-order valence-electron chi connectivity index (χ1n) is 8.40. The Hall–Kier alpha value is -2.96. The van der Waals surface area contributed by atoms with Crippen LogP contribution < -0.4 is 9.88 Å². The fourth-order valence-electron chi connectivity index (χ4n) is 3.48. The van der Waals surface area contributed by atoms with E-state index in [2.05, 4.69) is 0 Å². The molecule has 3 aromatic carbocycles. The Kier molecular flexibility index (Phi) is 4.30. The molecule has 1 aliphatic heterocycles. The number of carbonyl (C=O) groups excluding carboxylic acids is 1. The molecule has 5 nitrogen and oxygen atoms in total. The summed E-state index contributed by atoms with van der Waals surface area (Å²) in [7, 11) is -3.66. The monoisotopic (exact) mass is 379 g/mol. The fourth-order valence-corrected chi connectivity index (χ4v) is 4.12. The Balaban J connectivity index is 1.94. The number of benzene rings is 3. The van der Waals surface area contributed by atoms with Crippen LogP contribution in [0.4, 0.5) is 0 Å². The topological polar surface area (TPSA) is 86.5 Å². The zero-order chi connectivity index (χ0) is 19.0. The lowest BCUT2D eigenvalue weighted by molar-refractivity contribution is 0.112. The summed E-state index contributed by atoms with van der Waals surface area (Å²) in [5, 5.41) is 5.21. The molecule has 0 aliphatic carbocycles. The van der Waals surface area contributed by atoms with Gasteiger partial charge >= 0.3 is 0 Å². The van der Waals surface area contributed by atoms with Crippen molar-refractivity contribution < 1.29 is 17.9 Å². The summed E-state index contributed by atoms with van der Waals surface area (Å²) >= 11 is 0. The molecule has 136 valence electrons. The van der Waals surface area contributed by atoms with Gasteiger partial charge in [0.25, 0.3) is 0 Å². The summed E-state index contributed by atoms with van der Waals surface area (Å²) in [5.74, 6) is 0.365. The van der Waals surface area contributed by atoms with Crippen molar-refractivity contribution in [3.63, 3.8) is 0 Å². The van der Waals surface area contributed by atoms with E-state index in [1.165, 1.54) is 0 Å². The van der Waals surface area contributed by atoms with Crippen LogP contribution >= 0.6 is 0 Å². The SMILES string of the molecule is NS(=O)(=O)Cc1ccc2c(c1)C(c1ccccc1)Oc1cccc(C=O)c1-2. The van der Waals surface area contributed by atoms with Gasteiger partial charge in [0.05, 0.1) is 5.75 Å². The molecular weight excluding hydrogens is 362 g/mol. The highest BCUT2D eigenvalue weighted by Gasteiger charge is 2.29. The maximum atomic E-state index is 11.5. The molecule has 27 heavy (non-hydrogen) atoms. The zero-order valence-electron chi connectivity index (χ0n) is 14.3. The van der Waals surface area contributed by atoms with Gasteiger partial charge in [0.2, 0.25) is 10.0 Å². The third kappa shape index (κ3) is 3.37.